The molecule has 0 aromatic heterocycles. The summed E-state index contributed by atoms with van der Waals surface area (Å²) >= 11 is 0. The van der Waals surface area contributed by atoms with Crippen molar-refractivity contribution in [3.05, 3.63) is 29.8 Å². The van der Waals surface area contributed by atoms with Gasteiger partial charge in [0, 0.05) is 18.0 Å². The quantitative estimate of drug-likeness (QED) is 0.841. The monoisotopic (exact) mass is 249 g/mol. The number of hydrogen-bond donors (Lipinski definition) is 1. The smallest absolute Gasteiger partial charge is 0.124 e. The molecule has 2 unspecified atom stereocenters. The molecule has 1 aromatic carbocycles. The van der Waals surface area contributed by atoms with Gasteiger partial charge in [0.1, 0.15) is 11.9 Å². The van der Waals surface area contributed by atoms with Gasteiger partial charge < -0.3 is 14.8 Å². The van der Waals surface area contributed by atoms with E-state index in [0.717, 1.165) is 31.7 Å². The molecule has 1 aliphatic rings. The Balaban J connectivity index is 2.04. The summed E-state index contributed by atoms with van der Waals surface area (Å²) in [7, 11) is 0. The fourth-order valence-electron chi connectivity index (χ4n) is 2.20. The topological polar surface area (TPSA) is 30.5 Å². The van der Waals surface area contributed by atoms with Gasteiger partial charge in [-0.15, -0.1) is 0 Å². The lowest BCUT2D eigenvalue weighted by Crippen LogP contribution is -2.22. The van der Waals surface area contributed by atoms with Crippen LogP contribution in [0.25, 0.3) is 0 Å². The summed E-state index contributed by atoms with van der Waals surface area (Å²) in [6.45, 7) is 6.92. The Labute approximate surface area is 109 Å². The molecule has 1 saturated heterocycles. The number of nitrogens with one attached hydrogen (secondary N) is 1. The average Bonchev–Trinajstić information content (AvgIpc) is 2.89. The maximum absolute atomic E-state index is 6.04. The summed E-state index contributed by atoms with van der Waals surface area (Å²) in [6, 6.07) is 8.61. The SMILES string of the molecule is CCCNC(C)c1ccccc1OC1CCOC1. The van der Waals surface area contributed by atoms with Crippen molar-refractivity contribution in [3.63, 3.8) is 0 Å². The summed E-state index contributed by atoms with van der Waals surface area (Å²) in [4.78, 5) is 0. The second-order valence-corrected chi connectivity index (χ2v) is 4.82. The maximum Gasteiger partial charge on any atom is 0.124 e. The molecule has 0 bridgehead atoms. The first-order valence-corrected chi connectivity index (χ1v) is 6.88. The minimum Gasteiger partial charge on any atom is -0.488 e. The maximum atomic E-state index is 6.04. The van der Waals surface area contributed by atoms with Crippen LogP contribution in [0.1, 0.15) is 38.3 Å². The van der Waals surface area contributed by atoms with Crippen LogP contribution < -0.4 is 10.1 Å². The largest absolute Gasteiger partial charge is 0.488 e. The number of para-hydroxylation sites is 1. The van der Waals surface area contributed by atoms with E-state index in [1.54, 1.807) is 0 Å². The van der Waals surface area contributed by atoms with Gasteiger partial charge in [-0.05, 0) is 26.0 Å². The first-order chi connectivity index (χ1) is 8.81. The Morgan fingerprint density at radius 3 is 3.00 bits per heavy atom. The molecule has 2 atom stereocenters. The molecule has 0 aliphatic carbocycles. The molecule has 1 heterocycles. The van der Waals surface area contributed by atoms with E-state index < -0.39 is 0 Å². The summed E-state index contributed by atoms with van der Waals surface area (Å²) in [5, 5.41) is 3.50. The zero-order valence-electron chi connectivity index (χ0n) is 11.3. The van der Waals surface area contributed by atoms with Crippen molar-refractivity contribution < 1.29 is 9.47 Å². The van der Waals surface area contributed by atoms with Crippen molar-refractivity contribution in [2.75, 3.05) is 19.8 Å². The summed E-state index contributed by atoms with van der Waals surface area (Å²) < 4.78 is 11.4. The number of rotatable bonds is 6. The molecule has 100 valence electrons. The van der Waals surface area contributed by atoms with E-state index in [2.05, 4.69) is 37.4 Å². The summed E-state index contributed by atoms with van der Waals surface area (Å²) in [6.07, 6.45) is 2.35. The highest BCUT2D eigenvalue weighted by Gasteiger charge is 2.19. The number of ether oxygens (including phenoxy) is 2. The van der Waals surface area contributed by atoms with E-state index >= 15 is 0 Å². The fourth-order valence-corrected chi connectivity index (χ4v) is 2.20. The van der Waals surface area contributed by atoms with Crippen LogP contribution in [0.4, 0.5) is 0 Å². The van der Waals surface area contributed by atoms with Crippen molar-refractivity contribution in [2.45, 2.75) is 38.8 Å². The molecule has 1 N–H and O–H groups in total. The van der Waals surface area contributed by atoms with Gasteiger partial charge in [0.15, 0.2) is 0 Å². The first-order valence-electron chi connectivity index (χ1n) is 6.88. The highest BCUT2D eigenvalue weighted by Crippen LogP contribution is 2.27. The van der Waals surface area contributed by atoms with Crippen LogP contribution in [0.5, 0.6) is 5.75 Å². The van der Waals surface area contributed by atoms with E-state index in [9.17, 15) is 0 Å². The molecule has 1 aromatic rings. The van der Waals surface area contributed by atoms with Crippen molar-refractivity contribution in [1.82, 2.24) is 5.32 Å². The number of benzene rings is 1. The minimum atomic E-state index is 0.213. The van der Waals surface area contributed by atoms with Crippen LogP contribution in [0.15, 0.2) is 24.3 Å². The van der Waals surface area contributed by atoms with Gasteiger partial charge in [-0.25, -0.2) is 0 Å². The normalized spacial score (nSPS) is 20.9. The predicted octanol–water partition coefficient (Wildman–Crippen LogP) is 2.91. The van der Waals surface area contributed by atoms with Crippen LogP contribution in [0, 0.1) is 0 Å². The molecule has 1 fully saturated rings. The van der Waals surface area contributed by atoms with Crippen LogP contribution in [-0.2, 0) is 4.74 Å². The molecule has 0 radical (unpaired) electrons. The molecule has 0 spiro atoms. The predicted molar refractivity (Wildman–Crippen MR) is 73.0 cm³/mol. The van der Waals surface area contributed by atoms with Gasteiger partial charge >= 0.3 is 0 Å². The standard InChI is InChI=1S/C15H23NO2/c1-3-9-16-12(2)14-6-4-5-7-15(14)18-13-8-10-17-11-13/h4-7,12-13,16H,3,8-11H2,1-2H3. The fraction of sp³-hybridized carbons (Fsp3) is 0.600. The molecular weight excluding hydrogens is 226 g/mol. The van der Waals surface area contributed by atoms with Crippen LogP contribution in [0.2, 0.25) is 0 Å². The number of hydrogen-bond acceptors (Lipinski definition) is 3. The third-order valence-corrected chi connectivity index (χ3v) is 3.27. The van der Waals surface area contributed by atoms with Crippen LogP contribution >= 0.6 is 0 Å². The van der Waals surface area contributed by atoms with Gasteiger partial charge in [-0.2, -0.15) is 0 Å². The van der Waals surface area contributed by atoms with E-state index in [1.165, 1.54) is 5.56 Å². The van der Waals surface area contributed by atoms with E-state index in [0.29, 0.717) is 12.6 Å². The van der Waals surface area contributed by atoms with Gasteiger partial charge in [0.2, 0.25) is 0 Å². The van der Waals surface area contributed by atoms with Crippen molar-refractivity contribution in [3.8, 4) is 5.75 Å². The molecule has 1 aliphatic heterocycles. The van der Waals surface area contributed by atoms with Gasteiger partial charge in [-0.1, -0.05) is 25.1 Å². The Morgan fingerprint density at radius 2 is 2.28 bits per heavy atom. The zero-order chi connectivity index (χ0) is 12.8. The second-order valence-electron chi connectivity index (χ2n) is 4.82. The van der Waals surface area contributed by atoms with Crippen LogP contribution in [0.3, 0.4) is 0 Å². The lowest BCUT2D eigenvalue weighted by atomic mass is 10.1. The molecule has 0 amide bonds. The molecule has 3 nitrogen and oxygen atoms in total. The average molecular weight is 249 g/mol. The second kappa shape index (κ2) is 6.76. The van der Waals surface area contributed by atoms with E-state index in [4.69, 9.17) is 9.47 Å². The third kappa shape index (κ3) is 3.47. The Morgan fingerprint density at radius 1 is 1.44 bits per heavy atom. The Hall–Kier alpha value is -1.06. The van der Waals surface area contributed by atoms with Gasteiger partial charge in [0.05, 0.1) is 13.2 Å². The minimum absolute atomic E-state index is 0.213. The van der Waals surface area contributed by atoms with Crippen molar-refractivity contribution in [1.29, 1.82) is 0 Å². The highest BCUT2D eigenvalue weighted by molar-refractivity contribution is 5.35. The Kier molecular flexibility index (Phi) is 5.02. The molecular formula is C15H23NO2. The molecule has 0 saturated carbocycles. The van der Waals surface area contributed by atoms with E-state index in [1.807, 2.05) is 6.07 Å². The van der Waals surface area contributed by atoms with Crippen LogP contribution in [-0.4, -0.2) is 25.9 Å². The summed E-state index contributed by atoms with van der Waals surface area (Å²) in [5.74, 6) is 0.990. The van der Waals surface area contributed by atoms with Gasteiger partial charge in [-0.3, -0.25) is 0 Å². The molecule has 3 heteroatoms. The first kappa shape index (κ1) is 13.4. The highest BCUT2D eigenvalue weighted by atomic mass is 16.5. The molecule has 18 heavy (non-hydrogen) atoms. The lowest BCUT2D eigenvalue weighted by molar-refractivity contribution is 0.140. The van der Waals surface area contributed by atoms with Crippen molar-refractivity contribution in [2.24, 2.45) is 0 Å². The molecule has 2 rings (SSSR count). The lowest BCUT2D eigenvalue weighted by Gasteiger charge is -2.20. The van der Waals surface area contributed by atoms with Crippen molar-refractivity contribution >= 4 is 0 Å². The zero-order valence-corrected chi connectivity index (χ0v) is 11.3. The van der Waals surface area contributed by atoms with E-state index in [-0.39, 0.29) is 6.10 Å². The Bertz CT molecular complexity index is 361. The summed E-state index contributed by atoms with van der Waals surface area (Å²) in [5.41, 5.74) is 1.23. The van der Waals surface area contributed by atoms with Gasteiger partial charge in [0.25, 0.3) is 0 Å². The third-order valence-electron chi connectivity index (χ3n) is 3.27.